The zero-order chi connectivity index (χ0) is 13.7. The fourth-order valence-corrected chi connectivity index (χ4v) is 2.78. The highest BCUT2D eigenvalue weighted by atomic mass is 35.5. The van der Waals surface area contributed by atoms with Gasteiger partial charge in [0.05, 0.1) is 4.88 Å². The van der Waals surface area contributed by atoms with Crippen LogP contribution < -0.4 is 5.32 Å². The molecular formula is C15H19ClN2OS. The van der Waals surface area contributed by atoms with Crippen molar-refractivity contribution in [2.24, 2.45) is 0 Å². The molecule has 0 bridgehead atoms. The van der Waals surface area contributed by atoms with Crippen molar-refractivity contribution in [2.45, 2.75) is 0 Å². The molecule has 0 aliphatic carbocycles. The average molecular weight is 311 g/mol. The van der Waals surface area contributed by atoms with E-state index in [-0.39, 0.29) is 18.3 Å². The number of halogens is 1. The number of amides is 1. The maximum absolute atomic E-state index is 12.4. The standard InChI is InChI=1S/C15H18N2OS.ClH/c1-16-9-10-17(2)15(18)14-13(8-11-19-14)12-6-4-3-5-7-12;/h3-8,11,16H,9-10H2,1-2H3;1H. The number of hydrogen-bond donors (Lipinski definition) is 1. The van der Waals surface area contributed by atoms with Gasteiger partial charge in [-0.05, 0) is 24.1 Å². The molecule has 2 aromatic rings. The van der Waals surface area contributed by atoms with Gasteiger partial charge in [-0.3, -0.25) is 4.79 Å². The highest BCUT2D eigenvalue weighted by molar-refractivity contribution is 7.12. The van der Waals surface area contributed by atoms with Gasteiger partial charge in [0.25, 0.3) is 5.91 Å². The van der Waals surface area contributed by atoms with Gasteiger partial charge in [-0.1, -0.05) is 30.3 Å². The van der Waals surface area contributed by atoms with Crippen LogP contribution in [0.25, 0.3) is 11.1 Å². The normalized spacial score (nSPS) is 9.90. The number of carbonyl (C=O) groups excluding carboxylic acids is 1. The molecule has 108 valence electrons. The Bertz CT molecular complexity index is 542. The van der Waals surface area contributed by atoms with Crippen LogP contribution in [0.5, 0.6) is 0 Å². The van der Waals surface area contributed by atoms with E-state index in [0.29, 0.717) is 6.54 Å². The maximum Gasteiger partial charge on any atom is 0.264 e. The summed E-state index contributed by atoms with van der Waals surface area (Å²) >= 11 is 1.50. The molecule has 0 saturated heterocycles. The maximum atomic E-state index is 12.4. The lowest BCUT2D eigenvalue weighted by atomic mass is 10.1. The monoisotopic (exact) mass is 310 g/mol. The van der Waals surface area contributed by atoms with Gasteiger partial charge in [-0.25, -0.2) is 0 Å². The number of carbonyl (C=O) groups is 1. The van der Waals surface area contributed by atoms with Gasteiger partial charge in [0, 0.05) is 25.7 Å². The summed E-state index contributed by atoms with van der Waals surface area (Å²) in [5, 5.41) is 5.03. The molecule has 0 spiro atoms. The predicted octanol–water partition coefficient (Wildman–Crippen LogP) is 3.13. The summed E-state index contributed by atoms with van der Waals surface area (Å²) in [5.41, 5.74) is 2.11. The molecule has 0 aliphatic heterocycles. The van der Waals surface area contributed by atoms with E-state index < -0.39 is 0 Å². The third-order valence-corrected chi connectivity index (χ3v) is 3.89. The van der Waals surface area contributed by atoms with E-state index >= 15 is 0 Å². The van der Waals surface area contributed by atoms with Crippen LogP contribution in [-0.4, -0.2) is 38.0 Å². The number of nitrogens with one attached hydrogen (secondary N) is 1. The Hall–Kier alpha value is -1.36. The third-order valence-electron chi connectivity index (χ3n) is 2.99. The first-order valence-corrected chi connectivity index (χ1v) is 7.15. The van der Waals surface area contributed by atoms with Crippen LogP contribution in [0, 0.1) is 0 Å². The van der Waals surface area contributed by atoms with Crippen LogP contribution in [0.2, 0.25) is 0 Å². The Balaban J connectivity index is 0.00000200. The van der Waals surface area contributed by atoms with Crippen LogP contribution in [0.15, 0.2) is 41.8 Å². The van der Waals surface area contributed by atoms with Gasteiger partial charge in [-0.15, -0.1) is 23.7 Å². The van der Waals surface area contributed by atoms with Crippen molar-refractivity contribution in [1.82, 2.24) is 10.2 Å². The SMILES string of the molecule is CNCCN(C)C(=O)c1sccc1-c1ccccc1.Cl. The summed E-state index contributed by atoms with van der Waals surface area (Å²) in [5.74, 6) is 0.0871. The van der Waals surface area contributed by atoms with Crippen molar-refractivity contribution in [3.63, 3.8) is 0 Å². The van der Waals surface area contributed by atoms with Crippen molar-refractivity contribution < 1.29 is 4.79 Å². The third kappa shape index (κ3) is 3.82. The molecule has 1 heterocycles. The second-order valence-electron chi connectivity index (χ2n) is 4.36. The summed E-state index contributed by atoms with van der Waals surface area (Å²) in [4.78, 5) is 15.0. The minimum Gasteiger partial charge on any atom is -0.340 e. The molecule has 0 aliphatic rings. The van der Waals surface area contributed by atoms with Crippen molar-refractivity contribution in [3.05, 3.63) is 46.7 Å². The first-order valence-electron chi connectivity index (χ1n) is 6.27. The lowest BCUT2D eigenvalue weighted by molar-refractivity contribution is 0.0802. The highest BCUT2D eigenvalue weighted by Gasteiger charge is 2.17. The second-order valence-corrected chi connectivity index (χ2v) is 5.28. The van der Waals surface area contributed by atoms with E-state index in [0.717, 1.165) is 22.5 Å². The largest absolute Gasteiger partial charge is 0.340 e. The van der Waals surface area contributed by atoms with E-state index in [4.69, 9.17) is 0 Å². The van der Waals surface area contributed by atoms with E-state index in [1.807, 2.05) is 55.9 Å². The Morgan fingerprint density at radius 1 is 1.25 bits per heavy atom. The molecule has 0 atom stereocenters. The number of nitrogens with zero attached hydrogens (tertiary/aromatic N) is 1. The zero-order valence-corrected chi connectivity index (χ0v) is 13.3. The number of likely N-dealkylation sites (N-methyl/N-ethyl adjacent to an activating group) is 2. The molecule has 5 heteroatoms. The van der Waals surface area contributed by atoms with Crippen LogP contribution in [-0.2, 0) is 0 Å². The van der Waals surface area contributed by atoms with Gasteiger partial charge < -0.3 is 10.2 Å². The first-order chi connectivity index (χ1) is 9.24. The van der Waals surface area contributed by atoms with E-state index in [1.54, 1.807) is 4.90 Å². The Morgan fingerprint density at radius 3 is 2.60 bits per heavy atom. The highest BCUT2D eigenvalue weighted by Crippen LogP contribution is 2.28. The van der Waals surface area contributed by atoms with Crippen LogP contribution in [0.4, 0.5) is 0 Å². The van der Waals surface area contributed by atoms with Crippen molar-refractivity contribution in [2.75, 3.05) is 27.2 Å². The van der Waals surface area contributed by atoms with E-state index in [1.165, 1.54) is 11.3 Å². The van der Waals surface area contributed by atoms with Gasteiger partial charge in [0.15, 0.2) is 0 Å². The van der Waals surface area contributed by atoms with Gasteiger partial charge in [0.2, 0.25) is 0 Å². The lowest BCUT2D eigenvalue weighted by Gasteiger charge is -2.17. The number of benzene rings is 1. The topological polar surface area (TPSA) is 32.3 Å². The molecule has 0 saturated carbocycles. The van der Waals surface area contributed by atoms with Gasteiger partial charge in [0.1, 0.15) is 0 Å². The molecule has 3 nitrogen and oxygen atoms in total. The molecule has 1 amide bonds. The van der Waals surface area contributed by atoms with Crippen molar-refractivity contribution in [1.29, 1.82) is 0 Å². The van der Waals surface area contributed by atoms with Crippen molar-refractivity contribution in [3.8, 4) is 11.1 Å². The minimum absolute atomic E-state index is 0. The zero-order valence-electron chi connectivity index (χ0n) is 11.6. The minimum atomic E-state index is 0. The smallest absolute Gasteiger partial charge is 0.264 e. The van der Waals surface area contributed by atoms with Crippen molar-refractivity contribution >= 4 is 29.7 Å². The lowest BCUT2D eigenvalue weighted by Crippen LogP contribution is -2.32. The summed E-state index contributed by atoms with van der Waals surface area (Å²) < 4.78 is 0. The summed E-state index contributed by atoms with van der Waals surface area (Å²) in [6.07, 6.45) is 0. The fourth-order valence-electron chi connectivity index (χ4n) is 1.87. The van der Waals surface area contributed by atoms with E-state index in [2.05, 4.69) is 5.32 Å². The van der Waals surface area contributed by atoms with Crippen LogP contribution in [0.1, 0.15) is 9.67 Å². The average Bonchev–Trinajstić information content (AvgIpc) is 2.94. The molecule has 0 fully saturated rings. The molecule has 1 N–H and O–H groups in total. The Morgan fingerprint density at radius 2 is 1.95 bits per heavy atom. The summed E-state index contributed by atoms with van der Waals surface area (Å²) in [6.45, 7) is 1.51. The molecule has 1 aromatic heterocycles. The number of rotatable bonds is 5. The number of thiophene rings is 1. The quantitative estimate of drug-likeness (QED) is 0.920. The van der Waals surface area contributed by atoms with Crippen LogP contribution >= 0.6 is 23.7 Å². The summed E-state index contributed by atoms with van der Waals surface area (Å²) in [7, 11) is 3.73. The molecule has 0 radical (unpaired) electrons. The number of hydrogen-bond acceptors (Lipinski definition) is 3. The molecule has 2 rings (SSSR count). The van der Waals surface area contributed by atoms with E-state index in [9.17, 15) is 4.79 Å². The fraction of sp³-hybridized carbons (Fsp3) is 0.267. The van der Waals surface area contributed by atoms with Crippen LogP contribution in [0.3, 0.4) is 0 Å². The predicted molar refractivity (Wildman–Crippen MR) is 87.9 cm³/mol. The molecule has 1 aromatic carbocycles. The molecular weight excluding hydrogens is 292 g/mol. The Labute approximate surface area is 130 Å². The second kappa shape index (κ2) is 8.04. The first kappa shape index (κ1) is 16.7. The van der Waals surface area contributed by atoms with Gasteiger partial charge in [-0.2, -0.15) is 0 Å². The molecule has 0 unspecified atom stereocenters. The molecule has 20 heavy (non-hydrogen) atoms. The van der Waals surface area contributed by atoms with Gasteiger partial charge >= 0.3 is 0 Å². The Kier molecular flexibility index (Phi) is 6.71. The summed E-state index contributed by atoms with van der Waals surface area (Å²) in [6, 6.07) is 12.0.